The lowest BCUT2D eigenvalue weighted by Crippen LogP contribution is -2.41. The molecule has 2 fully saturated rings. The number of aliphatic hydroxyl groups excluding tert-OH is 3. The van der Waals surface area contributed by atoms with Crippen LogP contribution in [0.5, 0.6) is 0 Å². The van der Waals surface area contributed by atoms with Gasteiger partial charge in [0.05, 0.1) is 18.7 Å². The molecule has 2 aliphatic heterocycles. The number of unbranched alkanes of at least 4 members (excludes halogenated alkanes) is 2. The van der Waals surface area contributed by atoms with E-state index in [1.54, 1.807) is 11.8 Å². The molecule has 1 aromatic rings. The first-order valence-electron chi connectivity index (χ1n) is 8.69. The molecular weight excluding hydrogens is 324 g/mol. The van der Waals surface area contributed by atoms with Crippen molar-refractivity contribution >= 4 is 16.9 Å². The van der Waals surface area contributed by atoms with Crippen LogP contribution >= 0.6 is 11.8 Å². The summed E-state index contributed by atoms with van der Waals surface area (Å²) in [5, 5.41) is 30.4. The maximum atomic E-state index is 10.1. The standard InChI is InChI=1S/C18H26N2O3S/c21-11-14-16(22)17(23)15-12-24-18(20(14)15)19-10-6-2-5-9-13-7-3-1-4-8-13/h1,3-4,7-8,14-17,21-23H,2,5-6,9-12H2/t14-,15-,16-,17-/m0/s1. The van der Waals surface area contributed by atoms with Crippen molar-refractivity contribution in [2.75, 3.05) is 18.9 Å². The van der Waals surface area contributed by atoms with Crippen LogP contribution in [-0.2, 0) is 6.42 Å². The summed E-state index contributed by atoms with van der Waals surface area (Å²) in [6.45, 7) is 0.593. The predicted octanol–water partition coefficient (Wildman–Crippen LogP) is 1.27. The second kappa shape index (κ2) is 8.34. The molecule has 4 atom stereocenters. The summed E-state index contributed by atoms with van der Waals surface area (Å²) in [6.07, 6.45) is 2.74. The highest BCUT2D eigenvalue weighted by Crippen LogP contribution is 2.36. The number of fused-ring (bicyclic) bond motifs is 1. The Morgan fingerprint density at radius 2 is 1.88 bits per heavy atom. The van der Waals surface area contributed by atoms with E-state index in [-0.39, 0.29) is 12.6 Å². The van der Waals surface area contributed by atoms with E-state index in [1.165, 1.54) is 5.56 Å². The van der Waals surface area contributed by atoms with Crippen molar-refractivity contribution in [3.8, 4) is 0 Å². The Morgan fingerprint density at radius 1 is 1.08 bits per heavy atom. The summed E-state index contributed by atoms with van der Waals surface area (Å²) < 4.78 is 0. The topological polar surface area (TPSA) is 76.3 Å². The van der Waals surface area contributed by atoms with Crippen molar-refractivity contribution in [1.82, 2.24) is 4.90 Å². The van der Waals surface area contributed by atoms with Gasteiger partial charge in [0.1, 0.15) is 12.2 Å². The molecule has 0 radical (unpaired) electrons. The molecule has 2 aliphatic rings. The molecular formula is C18H26N2O3S. The van der Waals surface area contributed by atoms with E-state index < -0.39 is 18.2 Å². The second-order valence-corrected chi connectivity index (χ2v) is 7.46. The number of hydrogen-bond donors (Lipinski definition) is 3. The monoisotopic (exact) mass is 350 g/mol. The van der Waals surface area contributed by atoms with Crippen LogP contribution in [0.15, 0.2) is 35.3 Å². The lowest BCUT2D eigenvalue weighted by atomic mass is 10.1. The maximum Gasteiger partial charge on any atom is 0.160 e. The first-order valence-corrected chi connectivity index (χ1v) is 9.67. The largest absolute Gasteiger partial charge is 0.394 e. The Kier molecular flexibility index (Phi) is 6.16. The quantitative estimate of drug-likeness (QED) is 0.646. The Bertz CT molecular complexity index is 552. The lowest BCUT2D eigenvalue weighted by molar-refractivity contribution is 0.0206. The van der Waals surface area contributed by atoms with Crippen molar-refractivity contribution in [3.63, 3.8) is 0 Å². The van der Waals surface area contributed by atoms with Gasteiger partial charge in [0.25, 0.3) is 0 Å². The van der Waals surface area contributed by atoms with E-state index in [4.69, 9.17) is 0 Å². The smallest absolute Gasteiger partial charge is 0.160 e. The van der Waals surface area contributed by atoms with Crippen LogP contribution in [0.1, 0.15) is 24.8 Å². The zero-order valence-corrected chi connectivity index (χ0v) is 14.6. The van der Waals surface area contributed by atoms with E-state index in [1.807, 2.05) is 11.0 Å². The van der Waals surface area contributed by atoms with E-state index in [0.717, 1.165) is 43.1 Å². The zero-order valence-electron chi connectivity index (χ0n) is 13.8. The fourth-order valence-electron chi connectivity index (χ4n) is 3.49. The Labute approximate surface area is 147 Å². The van der Waals surface area contributed by atoms with Crippen LogP contribution < -0.4 is 0 Å². The van der Waals surface area contributed by atoms with Crippen LogP contribution in [0.25, 0.3) is 0 Å². The molecule has 132 valence electrons. The number of aliphatic hydroxyl groups is 3. The fourth-order valence-corrected chi connectivity index (χ4v) is 4.77. The molecule has 0 unspecified atom stereocenters. The average Bonchev–Trinajstić information content (AvgIpc) is 3.12. The van der Waals surface area contributed by atoms with E-state index in [0.29, 0.717) is 0 Å². The molecule has 0 aromatic heterocycles. The Hall–Kier alpha value is -1.08. The van der Waals surface area contributed by atoms with Crippen LogP contribution in [0.2, 0.25) is 0 Å². The van der Waals surface area contributed by atoms with Gasteiger partial charge >= 0.3 is 0 Å². The summed E-state index contributed by atoms with van der Waals surface area (Å²) in [7, 11) is 0. The third kappa shape index (κ3) is 3.77. The Morgan fingerprint density at radius 3 is 2.62 bits per heavy atom. The van der Waals surface area contributed by atoms with Crippen LogP contribution in [0.3, 0.4) is 0 Å². The van der Waals surface area contributed by atoms with E-state index in [9.17, 15) is 15.3 Å². The summed E-state index contributed by atoms with van der Waals surface area (Å²) >= 11 is 1.61. The minimum atomic E-state index is -0.892. The minimum Gasteiger partial charge on any atom is -0.394 e. The molecule has 24 heavy (non-hydrogen) atoms. The van der Waals surface area contributed by atoms with Crippen molar-refractivity contribution in [3.05, 3.63) is 35.9 Å². The van der Waals surface area contributed by atoms with E-state index >= 15 is 0 Å². The molecule has 6 heteroatoms. The van der Waals surface area contributed by atoms with Gasteiger partial charge in [0, 0.05) is 12.3 Å². The summed E-state index contributed by atoms with van der Waals surface area (Å²) in [5.74, 6) is 0.724. The number of thioether (sulfide) groups is 1. The normalized spacial score (nSPS) is 31.0. The molecule has 2 heterocycles. The van der Waals surface area contributed by atoms with Gasteiger partial charge in [-0.1, -0.05) is 48.5 Å². The highest BCUT2D eigenvalue weighted by Gasteiger charge is 2.51. The molecule has 0 amide bonds. The van der Waals surface area contributed by atoms with Crippen LogP contribution in [-0.4, -0.2) is 68.6 Å². The molecule has 3 rings (SSSR count). The van der Waals surface area contributed by atoms with Gasteiger partial charge in [0.2, 0.25) is 0 Å². The molecule has 1 aromatic carbocycles. The number of rotatable bonds is 7. The molecule has 0 aliphatic carbocycles. The van der Waals surface area contributed by atoms with Gasteiger partial charge in [-0.2, -0.15) is 0 Å². The van der Waals surface area contributed by atoms with Gasteiger partial charge in [0.15, 0.2) is 5.17 Å². The molecule has 0 bridgehead atoms. The third-order valence-corrected chi connectivity index (χ3v) is 5.96. The number of aliphatic imine (C=N–C) groups is 1. The van der Waals surface area contributed by atoms with Gasteiger partial charge in [-0.05, 0) is 24.8 Å². The minimum absolute atomic E-state index is 0.126. The number of aryl methyl sites for hydroxylation is 1. The number of benzene rings is 1. The van der Waals surface area contributed by atoms with Crippen molar-refractivity contribution in [2.45, 2.75) is 50.0 Å². The Balaban J connectivity index is 1.44. The fraction of sp³-hybridized carbons (Fsp3) is 0.611. The zero-order chi connectivity index (χ0) is 16.9. The third-order valence-electron chi connectivity index (χ3n) is 4.86. The van der Waals surface area contributed by atoms with Crippen LogP contribution in [0.4, 0.5) is 0 Å². The number of hydrogen-bond acceptors (Lipinski definition) is 5. The molecule has 5 nitrogen and oxygen atoms in total. The molecule has 2 saturated heterocycles. The highest BCUT2D eigenvalue weighted by atomic mass is 32.2. The molecule has 0 saturated carbocycles. The summed E-state index contributed by atoms with van der Waals surface area (Å²) in [5.41, 5.74) is 1.38. The SMILES string of the molecule is OC[C@H]1[C@H](O)[C@@H](O)[C@@H]2CSC(=NCCCCCc3ccccc3)N12. The first-order chi connectivity index (χ1) is 11.7. The van der Waals surface area contributed by atoms with Crippen molar-refractivity contribution in [2.24, 2.45) is 4.99 Å². The van der Waals surface area contributed by atoms with Gasteiger partial charge in [-0.3, -0.25) is 4.99 Å². The lowest BCUT2D eigenvalue weighted by Gasteiger charge is -2.24. The first kappa shape index (κ1) is 17.7. The van der Waals surface area contributed by atoms with Gasteiger partial charge in [-0.25, -0.2) is 0 Å². The van der Waals surface area contributed by atoms with Gasteiger partial charge < -0.3 is 20.2 Å². The summed E-state index contributed by atoms with van der Waals surface area (Å²) in [6, 6.07) is 9.95. The highest BCUT2D eigenvalue weighted by molar-refractivity contribution is 8.14. The summed E-state index contributed by atoms with van der Waals surface area (Å²) in [4.78, 5) is 6.57. The van der Waals surface area contributed by atoms with E-state index in [2.05, 4.69) is 29.3 Å². The molecule has 3 N–H and O–H groups in total. The average molecular weight is 350 g/mol. The van der Waals surface area contributed by atoms with Crippen molar-refractivity contribution < 1.29 is 15.3 Å². The number of amidine groups is 1. The maximum absolute atomic E-state index is 10.1. The predicted molar refractivity (Wildman–Crippen MR) is 97.3 cm³/mol. The molecule has 0 spiro atoms. The van der Waals surface area contributed by atoms with Crippen molar-refractivity contribution in [1.29, 1.82) is 0 Å². The number of nitrogens with zero attached hydrogens (tertiary/aromatic N) is 2. The van der Waals surface area contributed by atoms with Crippen LogP contribution in [0, 0.1) is 0 Å². The van der Waals surface area contributed by atoms with Gasteiger partial charge in [-0.15, -0.1) is 0 Å². The second-order valence-electron chi connectivity index (χ2n) is 6.48.